The summed E-state index contributed by atoms with van der Waals surface area (Å²) in [5, 5.41) is 8.95. The molecule has 1 aliphatic carbocycles. The van der Waals surface area contributed by atoms with Crippen LogP contribution in [0, 0.1) is 11.6 Å². The van der Waals surface area contributed by atoms with Crippen LogP contribution in [0.25, 0.3) is 0 Å². The lowest BCUT2D eigenvalue weighted by Crippen LogP contribution is -2.04. The second kappa shape index (κ2) is 6.20. The highest BCUT2D eigenvalue weighted by Crippen LogP contribution is 2.42. The Hall–Kier alpha value is -1.69. The molecule has 1 saturated carbocycles. The van der Waals surface area contributed by atoms with Gasteiger partial charge in [0.2, 0.25) is 0 Å². The summed E-state index contributed by atoms with van der Waals surface area (Å²) in [5.41, 5.74) is 0.339. The molecule has 1 atom stereocenters. The van der Waals surface area contributed by atoms with E-state index in [9.17, 15) is 8.78 Å². The van der Waals surface area contributed by atoms with Crippen molar-refractivity contribution in [2.75, 3.05) is 0 Å². The van der Waals surface area contributed by atoms with E-state index >= 15 is 0 Å². The van der Waals surface area contributed by atoms with Gasteiger partial charge in [0.15, 0.2) is 5.16 Å². The second-order valence-corrected chi connectivity index (χ2v) is 6.75. The third kappa shape index (κ3) is 3.06. The topological polar surface area (TPSA) is 30.7 Å². The van der Waals surface area contributed by atoms with Crippen molar-refractivity contribution in [3.05, 3.63) is 53.9 Å². The normalized spacial score (nSPS) is 15.8. The molecule has 3 nitrogen and oxygen atoms in total. The van der Waals surface area contributed by atoms with E-state index < -0.39 is 11.6 Å². The summed E-state index contributed by atoms with van der Waals surface area (Å²) < 4.78 is 29.2. The molecule has 1 unspecified atom stereocenters. The largest absolute Gasteiger partial charge is 0.302 e. The summed E-state index contributed by atoms with van der Waals surface area (Å²) in [4.78, 5) is 0. The zero-order chi connectivity index (χ0) is 15.7. The van der Waals surface area contributed by atoms with E-state index in [1.165, 1.54) is 17.8 Å². The third-order valence-corrected chi connectivity index (χ3v) is 4.80. The van der Waals surface area contributed by atoms with Crippen molar-refractivity contribution in [3.8, 4) is 0 Å². The first-order valence-corrected chi connectivity index (χ1v) is 8.13. The smallest absolute Gasteiger partial charge is 0.192 e. The predicted octanol–water partition coefficient (Wildman–Crippen LogP) is 4.47. The van der Waals surface area contributed by atoms with Gasteiger partial charge in [-0.1, -0.05) is 17.8 Å². The second-order valence-electron chi connectivity index (χ2n) is 5.44. The van der Waals surface area contributed by atoms with Crippen LogP contribution in [0.1, 0.15) is 42.3 Å². The summed E-state index contributed by atoms with van der Waals surface area (Å²) in [6.07, 6.45) is 4.06. The molecule has 116 valence electrons. The number of hydrogen-bond donors (Lipinski definition) is 0. The van der Waals surface area contributed by atoms with Gasteiger partial charge in [0.1, 0.15) is 17.5 Å². The summed E-state index contributed by atoms with van der Waals surface area (Å²) >= 11 is 1.39. The standard InChI is InChI=1S/C16H17F2N3S/c1-3-8-21-15(11-4-5-11)19-20-16(21)22-10(2)13-9-12(17)6-7-14(13)18/h3,6-7,9-11H,1,4-5,8H2,2H3. The minimum atomic E-state index is -0.435. The number of benzene rings is 1. The van der Waals surface area contributed by atoms with Gasteiger partial charge in [-0.2, -0.15) is 0 Å². The van der Waals surface area contributed by atoms with Crippen LogP contribution in [0.2, 0.25) is 0 Å². The lowest BCUT2D eigenvalue weighted by Gasteiger charge is -2.13. The van der Waals surface area contributed by atoms with E-state index in [4.69, 9.17) is 0 Å². The van der Waals surface area contributed by atoms with Crippen LogP contribution in [0.5, 0.6) is 0 Å². The number of aromatic nitrogens is 3. The molecule has 0 aliphatic heterocycles. The van der Waals surface area contributed by atoms with E-state index in [2.05, 4.69) is 16.8 Å². The van der Waals surface area contributed by atoms with Gasteiger partial charge in [0.25, 0.3) is 0 Å². The highest BCUT2D eigenvalue weighted by atomic mass is 32.2. The van der Waals surface area contributed by atoms with Crippen molar-refractivity contribution in [3.63, 3.8) is 0 Å². The molecular weight excluding hydrogens is 304 g/mol. The van der Waals surface area contributed by atoms with Gasteiger partial charge in [0.05, 0.1) is 0 Å². The van der Waals surface area contributed by atoms with Crippen LogP contribution >= 0.6 is 11.8 Å². The Kier molecular flexibility index (Phi) is 4.29. The van der Waals surface area contributed by atoms with E-state index in [0.29, 0.717) is 18.0 Å². The van der Waals surface area contributed by atoms with Crippen LogP contribution < -0.4 is 0 Å². The van der Waals surface area contributed by atoms with Gasteiger partial charge in [-0.25, -0.2) is 8.78 Å². The van der Waals surface area contributed by atoms with Gasteiger partial charge in [0, 0.05) is 23.3 Å². The van der Waals surface area contributed by atoms with E-state index in [-0.39, 0.29) is 5.25 Å². The molecule has 0 spiro atoms. The molecule has 0 N–H and O–H groups in total. The molecule has 0 amide bonds. The Morgan fingerprint density at radius 1 is 1.41 bits per heavy atom. The molecule has 1 aliphatic rings. The summed E-state index contributed by atoms with van der Waals surface area (Å²) in [5.74, 6) is 0.603. The van der Waals surface area contributed by atoms with Crippen molar-refractivity contribution in [2.45, 2.75) is 42.6 Å². The molecule has 1 fully saturated rings. The first-order valence-electron chi connectivity index (χ1n) is 7.25. The van der Waals surface area contributed by atoms with E-state index in [1.807, 2.05) is 11.5 Å². The first kappa shape index (κ1) is 15.2. The van der Waals surface area contributed by atoms with Crippen molar-refractivity contribution in [1.29, 1.82) is 0 Å². The van der Waals surface area contributed by atoms with Gasteiger partial charge in [-0.15, -0.1) is 16.8 Å². The van der Waals surface area contributed by atoms with Crippen LogP contribution in [-0.2, 0) is 6.54 Å². The monoisotopic (exact) mass is 321 g/mol. The number of thioether (sulfide) groups is 1. The molecular formula is C16H17F2N3S. The Bertz CT molecular complexity index is 695. The van der Waals surface area contributed by atoms with Crippen molar-refractivity contribution in [2.24, 2.45) is 0 Å². The molecule has 6 heteroatoms. The fourth-order valence-corrected chi connectivity index (χ4v) is 3.39. The Labute approximate surface area is 132 Å². The molecule has 1 aromatic heterocycles. The number of hydrogen-bond acceptors (Lipinski definition) is 3. The van der Waals surface area contributed by atoms with Gasteiger partial charge >= 0.3 is 0 Å². The molecule has 0 bridgehead atoms. The zero-order valence-electron chi connectivity index (χ0n) is 12.3. The predicted molar refractivity (Wildman–Crippen MR) is 82.8 cm³/mol. The summed E-state index contributed by atoms with van der Waals surface area (Å²) in [6, 6.07) is 3.52. The molecule has 3 rings (SSSR count). The Morgan fingerprint density at radius 2 is 2.18 bits per heavy atom. The highest BCUT2D eigenvalue weighted by molar-refractivity contribution is 7.99. The van der Waals surface area contributed by atoms with Crippen LogP contribution in [0.15, 0.2) is 36.0 Å². The van der Waals surface area contributed by atoms with Crippen molar-refractivity contribution < 1.29 is 8.78 Å². The summed E-state index contributed by atoms with van der Waals surface area (Å²) in [6.45, 7) is 6.23. The first-order chi connectivity index (χ1) is 10.6. The number of halogens is 2. The van der Waals surface area contributed by atoms with Crippen molar-refractivity contribution >= 4 is 11.8 Å². The third-order valence-electron chi connectivity index (χ3n) is 3.68. The maximum Gasteiger partial charge on any atom is 0.192 e. The minimum absolute atomic E-state index is 0.254. The van der Waals surface area contributed by atoms with Crippen LogP contribution in [0.4, 0.5) is 8.78 Å². The van der Waals surface area contributed by atoms with Crippen LogP contribution in [-0.4, -0.2) is 14.8 Å². The molecule has 0 radical (unpaired) electrons. The fourth-order valence-electron chi connectivity index (χ4n) is 2.38. The quantitative estimate of drug-likeness (QED) is 0.581. The Balaban J connectivity index is 1.85. The van der Waals surface area contributed by atoms with E-state index in [0.717, 1.165) is 36.0 Å². The average Bonchev–Trinajstić information content (AvgIpc) is 3.26. The SMILES string of the molecule is C=CCn1c(SC(C)c2cc(F)ccc2F)nnc1C1CC1. The van der Waals surface area contributed by atoms with Gasteiger partial charge < -0.3 is 4.57 Å². The van der Waals surface area contributed by atoms with Crippen LogP contribution in [0.3, 0.4) is 0 Å². The highest BCUT2D eigenvalue weighted by Gasteiger charge is 2.30. The maximum absolute atomic E-state index is 13.9. The fraction of sp³-hybridized carbons (Fsp3) is 0.375. The molecule has 22 heavy (non-hydrogen) atoms. The number of nitrogens with zero attached hydrogens (tertiary/aromatic N) is 3. The number of allylic oxidation sites excluding steroid dienone is 1. The van der Waals surface area contributed by atoms with Gasteiger partial charge in [-0.3, -0.25) is 0 Å². The van der Waals surface area contributed by atoms with E-state index in [1.54, 1.807) is 6.08 Å². The Morgan fingerprint density at radius 3 is 2.86 bits per heavy atom. The molecule has 0 saturated heterocycles. The lowest BCUT2D eigenvalue weighted by molar-refractivity contribution is 0.585. The minimum Gasteiger partial charge on any atom is -0.302 e. The molecule has 2 aromatic rings. The molecule has 1 heterocycles. The van der Waals surface area contributed by atoms with Crippen molar-refractivity contribution in [1.82, 2.24) is 14.8 Å². The maximum atomic E-state index is 13.9. The summed E-state index contributed by atoms with van der Waals surface area (Å²) in [7, 11) is 0. The molecule has 1 aromatic carbocycles. The lowest BCUT2D eigenvalue weighted by atomic mass is 10.1. The van der Waals surface area contributed by atoms with Gasteiger partial charge in [-0.05, 0) is 38.0 Å². The average molecular weight is 321 g/mol. The number of rotatable bonds is 6. The zero-order valence-corrected chi connectivity index (χ0v) is 13.1.